The topological polar surface area (TPSA) is 268 Å². The Kier molecular flexibility index (Phi) is 89.0. The van der Waals surface area contributed by atoms with Crippen molar-refractivity contribution in [3.05, 3.63) is 76.1 Å². The van der Waals surface area contributed by atoms with Gasteiger partial charge in [-0.3, -0.25) is 48.7 Å². The van der Waals surface area contributed by atoms with Crippen LogP contribution in [-0.2, 0) is 221 Å². The maximum absolute atomic E-state index is 11.9. The molecule has 471 valence electrons. The van der Waals surface area contributed by atoms with E-state index in [0.29, 0.717) is 44.8 Å². The number of aromatic carboxylic acids is 1. The van der Waals surface area contributed by atoms with Crippen molar-refractivity contribution in [2.45, 2.75) is 107 Å². The van der Waals surface area contributed by atoms with Crippen molar-refractivity contribution in [1.29, 1.82) is 0 Å². The van der Waals surface area contributed by atoms with E-state index >= 15 is 0 Å². The van der Waals surface area contributed by atoms with Crippen molar-refractivity contribution in [1.82, 2.24) is 30.2 Å². The number of hydroxylamine groups is 2. The summed E-state index contributed by atoms with van der Waals surface area (Å²) < 4.78 is 35.2. The van der Waals surface area contributed by atoms with Gasteiger partial charge in [0.25, 0.3) is 0 Å². The minimum absolute atomic E-state index is 0. The molecule has 86 heavy (non-hydrogen) atoms. The van der Waals surface area contributed by atoms with E-state index in [1.54, 1.807) is 61.6 Å². The second-order valence-corrected chi connectivity index (χ2v) is 20.5. The minimum Gasteiger partial charge on any atom is -0.477 e. The number of amides is 1. The largest absolute Gasteiger partial charge is 0.477 e. The number of nitrogens with zero attached hydrogens (tertiary/aromatic N) is 6. The number of rotatable bonds is 22. The summed E-state index contributed by atoms with van der Waals surface area (Å²) >= 11 is 12.1. The molecule has 5 aromatic heterocycles. The maximum Gasteiger partial charge on any atom is 0.347 e. The van der Waals surface area contributed by atoms with Gasteiger partial charge in [-0.1, -0.05) is 60.5 Å². The molecular weight excluding hydrogens is 1710 g/mol. The summed E-state index contributed by atoms with van der Waals surface area (Å²) in [6.45, 7) is 19.3. The number of halogens is 2. The van der Waals surface area contributed by atoms with E-state index in [1.807, 2.05) is 74.6 Å². The van der Waals surface area contributed by atoms with Crippen LogP contribution in [0.25, 0.3) is 16.7 Å². The zero-order valence-corrected chi connectivity index (χ0v) is 73.0. The molecule has 0 saturated heterocycles. The first-order valence-electron chi connectivity index (χ1n) is 25.3. The van der Waals surface area contributed by atoms with Crippen LogP contribution < -0.4 is 0 Å². The normalized spacial score (nSPS) is 9.80. The molecule has 0 saturated carbocycles. The van der Waals surface area contributed by atoms with Gasteiger partial charge in [-0.2, -0.15) is 0 Å². The molecule has 3 unspecified atom stereocenters. The molecule has 5 aromatic rings. The Bertz CT molecular complexity index is 2460. The number of ketones is 1. The van der Waals surface area contributed by atoms with E-state index in [0.717, 1.165) is 45.7 Å². The van der Waals surface area contributed by atoms with Crippen LogP contribution in [0.1, 0.15) is 131 Å². The van der Waals surface area contributed by atoms with Gasteiger partial charge in [-0.15, -0.1) is 45.3 Å². The summed E-state index contributed by atoms with van der Waals surface area (Å²) in [4.78, 5) is 90.9. The summed E-state index contributed by atoms with van der Waals surface area (Å²) in [5.74, 6) is 2.38. The number of carboxylic acids is 1. The average Bonchev–Trinajstić information content (AvgIpc) is 4.58. The number of carboxylic acid groups (broad SMARTS) is 1. The maximum atomic E-state index is 11.9. The second kappa shape index (κ2) is 72.8. The van der Waals surface area contributed by atoms with Gasteiger partial charge in [0.1, 0.15) is 4.88 Å². The summed E-state index contributed by atoms with van der Waals surface area (Å²) in [6, 6.07) is 0. The van der Waals surface area contributed by atoms with E-state index < -0.39 is 29.7 Å². The van der Waals surface area contributed by atoms with Gasteiger partial charge in [-0.05, 0) is 76.0 Å². The molecule has 0 fully saturated rings. The SMILES string of the molecule is BrC(Br)=Cc1cncs1.CC.CC.CC.CC.COCCC(CC(=O)OC)C(=O)C#Cc1cncs1.COCCC(CC(=O)OC)C(=O)N(C)OC.COCCC(CC(=O)OC)c1noc(-c2cncs2)c1C.O=C(O)c1cncs1.[Y].[Y].[Y].[Y].[Y]. The Morgan fingerprint density at radius 1 is 0.628 bits per heavy atom. The van der Waals surface area contributed by atoms with Gasteiger partial charge in [0.2, 0.25) is 11.7 Å². The number of thiazole rings is 4. The molecule has 1 N–H and O–H groups in total. The first-order chi connectivity index (χ1) is 39.0. The average molecular weight is 1790 g/mol. The fourth-order valence-corrected chi connectivity index (χ4v) is 8.40. The van der Waals surface area contributed by atoms with Crippen molar-refractivity contribution in [2.24, 2.45) is 11.8 Å². The predicted molar refractivity (Wildman–Crippen MR) is 328 cm³/mol. The molecule has 5 heterocycles. The fraction of sp³-hybridized carbons (Fsp3) is 0.537. The molecule has 1 amide bonds. The van der Waals surface area contributed by atoms with Gasteiger partial charge in [0.05, 0.1) is 107 Å². The fourth-order valence-electron chi connectivity index (χ4n) is 5.47. The van der Waals surface area contributed by atoms with E-state index in [2.05, 4.69) is 78.3 Å². The molecule has 0 spiro atoms. The zero-order chi connectivity index (χ0) is 62.6. The quantitative estimate of drug-likeness (QED) is 0.0292. The van der Waals surface area contributed by atoms with E-state index in [1.165, 1.54) is 69.9 Å². The Hall–Kier alpha value is 0.369. The number of Topliss-reactive ketones (excluding diaryl/α,β-unsaturated/α-hetero) is 1. The standard InChI is InChI=1S/C14H18N2O4S.C13H15NO4S.C10H19NO5.C5H3Br2NS.C4H3NO2S.4C2H6.5Y/c1-9-13(10(4-5-18-2)6-12(17)19-3)16-20-14(9)11-7-15-8-21-11;1-17-6-5-10(7-13(16)18-2)12(15)4-3-11-8-14-9-19-11;1-11(16-4)10(13)8(5-6-14-2)7-9(12)15-3;6-5(7)1-4-2-8-3-9-4;6-4(7)3-1-5-2-8-3;4*1-2;;;;;/h7-8,10H,4-6H2,1-3H3;8-10H,5-7H2,1-2H3;8H,5-7H2,1-4H3;1-3H;1-2H,(H,6,7);4*1-2H3;;;;;. The molecule has 0 aromatic carbocycles. The molecule has 0 bridgehead atoms. The Morgan fingerprint density at radius 3 is 1.49 bits per heavy atom. The van der Waals surface area contributed by atoms with E-state index in [9.17, 15) is 28.8 Å². The third-order valence-corrected chi connectivity index (χ3v) is 12.7. The molecule has 0 aliphatic heterocycles. The third kappa shape index (κ3) is 51.8. The van der Waals surface area contributed by atoms with Gasteiger partial charge in [0, 0.05) is 246 Å². The van der Waals surface area contributed by atoms with Crippen LogP contribution in [0.15, 0.2) is 54.7 Å². The van der Waals surface area contributed by atoms with E-state index in [-0.39, 0.29) is 211 Å². The second-order valence-electron chi connectivity index (χ2n) is 14.2. The van der Waals surface area contributed by atoms with Crippen LogP contribution in [0, 0.1) is 30.6 Å². The first-order valence-corrected chi connectivity index (χ1v) is 30.4. The molecule has 3 atom stereocenters. The molecule has 21 nitrogen and oxygen atoms in total. The number of carbonyl (C=O) groups is 6. The van der Waals surface area contributed by atoms with Crippen LogP contribution >= 0.6 is 77.2 Å². The van der Waals surface area contributed by atoms with Gasteiger partial charge in [0.15, 0.2) is 5.76 Å². The summed E-state index contributed by atoms with van der Waals surface area (Å²) in [7, 11) is 11.6. The summed E-state index contributed by atoms with van der Waals surface area (Å²) in [5, 5.41) is 13.5. The van der Waals surface area contributed by atoms with Crippen LogP contribution in [0.4, 0.5) is 0 Å². The van der Waals surface area contributed by atoms with Crippen molar-refractivity contribution in [3.63, 3.8) is 0 Å². The zero-order valence-electron chi connectivity index (χ0n) is 52.4. The molecule has 0 aliphatic carbocycles. The molecule has 5 radical (unpaired) electrons. The predicted octanol–water partition coefficient (Wildman–Crippen LogP) is 12.5. The van der Waals surface area contributed by atoms with E-state index in [4.69, 9.17) is 33.4 Å². The number of hydrogen-bond acceptors (Lipinski definition) is 23. The van der Waals surface area contributed by atoms with Crippen LogP contribution in [0.5, 0.6) is 0 Å². The van der Waals surface area contributed by atoms with Crippen molar-refractivity contribution < 1.29 is 235 Å². The van der Waals surface area contributed by atoms with Gasteiger partial charge in [-0.25, -0.2) is 9.86 Å². The number of ether oxygens (including phenoxy) is 6. The van der Waals surface area contributed by atoms with Gasteiger partial charge >= 0.3 is 23.9 Å². The Balaban J connectivity index is -0.000000121. The van der Waals surface area contributed by atoms with Gasteiger partial charge < -0.3 is 38.1 Å². The number of methoxy groups -OCH3 is 6. The number of esters is 3. The molecule has 0 aliphatic rings. The molecular formula is C54H82Br2N6O15S4Y5. The van der Waals surface area contributed by atoms with Crippen molar-refractivity contribution in [3.8, 4) is 22.5 Å². The smallest absolute Gasteiger partial charge is 0.347 e. The number of aromatic nitrogens is 5. The van der Waals surface area contributed by atoms with Crippen LogP contribution in [-0.4, -0.2) is 147 Å². The Labute approximate surface area is 668 Å². The van der Waals surface area contributed by atoms with Crippen molar-refractivity contribution >= 4 is 119 Å². The van der Waals surface area contributed by atoms with Crippen molar-refractivity contribution in [2.75, 3.05) is 76.6 Å². The number of hydrogen-bond donors (Lipinski definition) is 1. The minimum atomic E-state index is -0.910. The number of carbonyl (C=O) groups excluding carboxylic acids is 5. The molecule has 5 rings (SSSR count). The molecule has 32 heteroatoms. The monoisotopic (exact) mass is 1780 g/mol. The third-order valence-electron chi connectivity index (χ3n) is 9.33. The van der Waals surface area contributed by atoms with Crippen LogP contribution in [0.3, 0.4) is 0 Å². The van der Waals surface area contributed by atoms with Crippen LogP contribution in [0.2, 0.25) is 0 Å². The first kappa shape index (κ1) is 105. The Morgan fingerprint density at radius 2 is 1.08 bits per heavy atom. The summed E-state index contributed by atoms with van der Waals surface area (Å²) in [6.07, 6.45) is 10.3. The summed E-state index contributed by atoms with van der Waals surface area (Å²) in [5.41, 5.74) is 8.39.